The summed E-state index contributed by atoms with van der Waals surface area (Å²) in [5.74, 6) is -1.62. The molecule has 0 aliphatic rings. The van der Waals surface area contributed by atoms with Crippen LogP contribution in [0.4, 0.5) is 8.78 Å². The van der Waals surface area contributed by atoms with Crippen molar-refractivity contribution < 1.29 is 18.3 Å². The minimum absolute atomic E-state index is 0.0318. The molecule has 1 aromatic heterocycles. The lowest BCUT2D eigenvalue weighted by atomic mass is 10.1. The number of aryl methyl sites for hydroxylation is 1. The molecular formula is C20H19F2N3O2S. The average Bonchev–Trinajstić information content (AvgIpc) is 3.09. The Labute approximate surface area is 165 Å². The number of carbonyl (C=O) groups excluding carboxylic acids is 1. The van der Waals surface area contributed by atoms with Crippen molar-refractivity contribution in [2.75, 3.05) is 19.5 Å². The number of rotatable bonds is 8. The highest BCUT2D eigenvalue weighted by Gasteiger charge is 2.17. The third-order valence-electron chi connectivity index (χ3n) is 4.09. The highest BCUT2D eigenvalue weighted by molar-refractivity contribution is 7.99. The lowest BCUT2D eigenvalue weighted by Crippen LogP contribution is -2.09. The summed E-state index contributed by atoms with van der Waals surface area (Å²) in [6.45, 7) is 2.98. The van der Waals surface area contributed by atoms with Crippen molar-refractivity contribution in [1.82, 2.24) is 14.8 Å². The maximum atomic E-state index is 13.4. The van der Waals surface area contributed by atoms with Crippen LogP contribution in [0.3, 0.4) is 0 Å². The maximum absolute atomic E-state index is 13.4. The predicted octanol–water partition coefficient (Wildman–Crippen LogP) is 4.15. The number of ether oxygens (including phenoxy) is 1. The van der Waals surface area contributed by atoms with Crippen LogP contribution < -0.4 is 0 Å². The van der Waals surface area contributed by atoms with Gasteiger partial charge in [-0.05, 0) is 31.2 Å². The van der Waals surface area contributed by atoms with Gasteiger partial charge in [0.15, 0.2) is 28.4 Å². The monoisotopic (exact) mass is 403 g/mol. The lowest BCUT2D eigenvalue weighted by Gasteiger charge is -2.10. The van der Waals surface area contributed by atoms with Crippen LogP contribution in [0.15, 0.2) is 47.6 Å². The summed E-state index contributed by atoms with van der Waals surface area (Å²) in [6, 6.07) is 11.0. The van der Waals surface area contributed by atoms with E-state index < -0.39 is 11.6 Å². The zero-order valence-corrected chi connectivity index (χ0v) is 16.3. The molecule has 0 unspecified atom stereocenters. The Kier molecular flexibility index (Phi) is 6.53. The summed E-state index contributed by atoms with van der Waals surface area (Å²) in [6.07, 6.45) is 0. The van der Waals surface area contributed by atoms with Gasteiger partial charge in [0.1, 0.15) is 0 Å². The summed E-state index contributed by atoms with van der Waals surface area (Å²) in [4.78, 5) is 12.3. The Bertz CT molecular complexity index is 991. The van der Waals surface area contributed by atoms with Crippen molar-refractivity contribution in [3.05, 3.63) is 65.2 Å². The first-order chi connectivity index (χ1) is 13.5. The first kappa shape index (κ1) is 20.2. The van der Waals surface area contributed by atoms with E-state index in [2.05, 4.69) is 10.2 Å². The summed E-state index contributed by atoms with van der Waals surface area (Å²) < 4.78 is 33.5. The number of hydrogen-bond donors (Lipinski definition) is 0. The van der Waals surface area contributed by atoms with Crippen LogP contribution in [0.1, 0.15) is 15.9 Å². The van der Waals surface area contributed by atoms with Gasteiger partial charge in [-0.1, -0.05) is 35.5 Å². The number of nitrogens with zero attached hydrogens (tertiary/aromatic N) is 3. The molecule has 0 fully saturated rings. The van der Waals surface area contributed by atoms with Crippen molar-refractivity contribution in [2.24, 2.45) is 0 Å². The van der Waals surface area contributed by atoms with Crippen LogP contribution in [-0.4, -0.2) is 40.0 Å². The molecule has 146 valence electrons. The zero-order valence-electron chi connectivity index (χ0n) is 15.5. The number of thioether (sulfide) groups is 1. The van der Waals surface area contributed by atoms with Crippen LogP contribution in [0.5, 0.6) is 0 Å². The number of ketones is 1. The number of hydrogen-bond acceptors (Lipinski definition) is 5. The predicted molar refractivity (Wildman–Crippen MR) is 103 cm³/mol. The third-order valence-corrected chi connectivity index (χ3v) is 5.05. The number of Topliss-reactive ketones (excluding diaryl/α,β-unsaturated/α-hetero) is 1. The molecule has 28 heavy (non-hydrogen) atoms. The van der Waals surface area contributed by atoms with Crippen LogP contribution in [0.2, 0.25) is 0 Å². The van der Waals surface area contributed by atoms with Gasteiger partial charge in [-0.15, -0.1) is 10.2 Å². The van der Waals surface area contributed by atoms with E-state index in [1.807, 2.05) is 35.8 Å². The maximum Gasteiger partial charge on any atom is 0.192 e. The van der Waals surface area contributed by atoms with Crippen molar-refractivity contribution in [3.8, 4) is 11.4 Å². The van der Waals surface area contributed by atoms with Crippen molar-refractivity contribution >= 4 is 17.5 Å². The molecular weight excluding hydrogens is 384 g/mol. The minimum atomic E-state index is -1.04. The number of aromatic nitrogens is 3. The average molecular weight is 403 g/mol. The molecule has 0 saturated heterocycles. The molecule has 0 saturated carbocycles. The summed E-state index contributed by atoms with van der Waals surface area (Å²) >= 11 is 1.20. The number of methoxy groups -OCH3 is 1. The van der Waals surface area contributed by atoms with Crippen LogP contribution in [0.25, 0.3) is 11.4 Å². The summed E-state index contributed by atoms with van der Waals surface area (Å²) in [7, 11) is 1.61. The third kappa shape index (κ3) is 4.63. The van der Waals surface area contributed by atoms with Gasteiger partial charge in [-0.25, -0.2) is 8.78 Å². The molecule has 0 amide bonds. The lowest BCUT2D eigenvalue weighted by molar-refractivity contribution is 0.102. The van der Waals surface area contributed by atoms with Crippen LogP contribution >= 0.6 is 11.8 Å². The van der Waals surface area contributed by atoms with E-state index in [-0.39, 0.29) is 17.1 Å². The molecule has 0 aliphatic carbocycles. The Morgan fingerprint density at radius 3 is 2.68 bits per heavy atom. The van der Waals surface area contributed by atoms with Gasteiger partial charge in [0, 0.05) is 18.2 Å². The second-order valence-electron chi connectivity index (χ2n) is 6.16. The first-order valence-corrected chi connectivity index (χ1v) is 9.58. The molecule has 2 aromatic carbocycles. The van der Waals surface area contributed by atoms with E-state index in [1.165, 1.54) is 17.8 Å². The topological polar surface area (TPSA) is 57.0 Å². The Balaban J connectivity index is 1.81. The van der Waals surface area contributed by atoms with Gasteiger partial charge >= 0.3 is 0 Å². The smallest absolute Gasteiger partial charge is 0.192 e. The van der Waals surface area contributed by atoms with E-state index in [1.54, 1.807) is 7.11 Å². The van der Waals surface area contributed by atoms with E-state index in [0.717, 1.165) is 23.3 Å². The highest BCUT2D eigenvalue weighted by Crippen LogP contribution is 2.25. The summed E-state index contributed by atoms with van der Waals surface area (Å²) in [5, 5.41) is 9.04. The van der Waals surface area contributed by atoms with Crippen molar-refractivity contribution in [3.63, 3.8) is 0 Å². The Hall–Kier alpha value is -2.58. The zero-order chi connectivity index (χ0) is 20.1. The standard InChI is InChI=1S/C20H19F2N3O2S/c1-13-4-3-5-15(10-13)19-23-24-20(25(19)8-9-27-2)28-12-18(26)14-6-7-16(21)17(22)11-14/h3-7,10-11H,8-9,12H2,1-2H3. The minimum Gasteiger partial charge on any atom is -0.383 e. The molecule has 1 heterocycles. The van der Waals surface area contributed by atoms with Crippen LogP contribution in [0, 0.1) is 18.6 Å². The molecule has 0 bridgehead atoms. The van der Waals surface area contributed by atoms with E-state index in [9.17, 15) is 13.6 Å². The van der Waals surface area contributed by atoms with Crippen molar-refractivity contribution in [2.45, 2.75) is 18.6 Å². The molecule has 0 aliphatic heterocycles. The second-order valence-corrected chi connectivity index (χ2v) is 7.10. The molecule has 3 aromatic rings. The van der Waals surface area contributed by atoms with E-state index in [4.69, 9.17) is 4.74 Å². The second kappa shape index (κ2) is 9.07. The van der Waals surface area contributed by atoms with Gasteiger partial charge in [0.05, 0.1) is 18.9 Å². The molecule has 0 spiro atoms. The quantitative estimate of drug-likeness (QED) is 0.418. The van der Waals surface area contributed by atoms with Crippen LogP contribution in [-0.2, 0) is 11.3 Å². The fourth-order valence-corrected chi connectivity index (χ4v) is 3.52. The first-order valence-electron chi connectivity index (χ1n) is 8.60. The molecule has 0 N–H and O–H groups in total. The van der Waals surface area contributed by atoms with E-state index in [0.29, 0.717) is 24.1 Å². The Morgan fingerprint density at radius 1 is 1.14 bits per heavy atom. The SMILES string of the molecule is COCCn1c(SCC(=O)c2ccc(F)c(F)c2)nnc1-c1cccc(C)c1. The van der Waals surface area contributed by atoms with Gasteiger partial charge < -0.3 is 4.74 Å². The van der Waals surface area contributed by atoms with E-state index >= 15 is 0 Å². The molecule has 3 rings (SSSR count). The Morgan fingerprint density at radius 2 is 1.96 bits per heavy atom. The van der Waals surface area contributed by atoms with Gasteiger partial charge in [0.25, 0.3) is 0 Å². The van der Waals surface area contributed by atoms with Gasteiger partial charge in [-0.2, -0.15) is 0 Å². The normalized spacial score (nSPS) is 11.0. The summed E-state index contributed by atoms with van der Waals surface area (Å²) in [5.41, 5.74) is 2.14. The number of halogens is 2. The number of benzene rings is 2. The highest BCUT2D eigenvalue weighted by atomic mass is 32.2. The van der Waals surface area contributed by atoms with Gasteiger partial charge in [0.2, 0.25) is 0 Å². The fraction of sp³-hybridized carbons (Fsp3) is 0.250. The van der Waals surface area contributed by atoms with Gasteiger partial charge in [-0.3, -0.25) is 9.36 Å². The fourth-order valence-electron chi connectivity index (χ4n) is 2.66. The molecule has 0 atom stereocenters. The molecule has 5 nitrogen and oxygen atoms in total. The molecule has 8 heteroatoms. The molecule has 0 radical (unpaired) electrons. The largest absolute Gasteiger partial charge is 0.383 e. The van der Waals surface area contributed by atoms with Crippen molar-refractivity contribution in [1.29, 1.82) is 0 Å². The number of carbonyl (C=O) groups is 1.